The van der Waals surface area contributed by atoms with Gasteiger partial charge >= 0.3 is 0 Å². The molecule has 6 nitrogen and oxygen atoms in total. The van der Waals surface area contributed by atoms with Crippen molar-refractivity contribution in [3.63, 3.8) is 0 Å². The summed E-state index contributed by atoms with van der Waals surface area (Å²) in [5.74, 6) is 0.745. The van der Waals surface area contributed by atoms with Crippen LogP contribution in [0.3, 0.4) is 0 Å². The number of piperazine rings is 1. The Kier molecular flexibility index (Phi) is 4.91. The van der Waals surface area contributed by atoms with Gasteiger partial charge in [-0.3, -0.25) is 4.79 Å². The van der Waals surface area contributed by atoms with E-state index in [1.807, 2.05) is 35.2 Å². The molecule has 30 heavy (non-hydrogen) atoms. The van der Waals surface area contributed by atoms with Crippen LogP contribution < -0.4 is 4.90 Å². The van der Waals surface area contributed by atoms with Gasteiger partial charge in [-0.05, 0) is 36.4 Å². The number of pyridine rings is 1. The van der Waals surface area contributed by atoms with Crippen LogP contribution in [0.25, 0.3) is 20.1 Å². The van der Waals surface area contributed by atoms with Crippen molar-refractivity contribution >= 4 is 44.6 Å². The van der Waals surface area contributed by atoms with E-state index in [2.05, 4.69) is 22.0 Å². The molecule has 1 aliphatic rings. The van der Waals surface area contributed by atoms with Crippen LogP contribution in [0.5, 0.6) is 0 Å². The van der Waals surface area contributed by atoms with E-state index in [-0.39, 0.29) is 5.91 Å². The molecule has 0 bridgehead atoms. The fraction of sp³-hybridized carbons (Fsp3) is 0.182. The zero-order valence-corrected chi connectivity index (χ0v) is 17.6. The normalized spacial score (nSPS) is 14.1. The van der Waals surface area contributed by atoms with Crippen molar-refractivity contribution in [3.05, 3.63) is 65.2 Å². The lowest BCUT2D eigenvalue weighted by Gasteiger charge is -2.35. The van der Waals surface area contributed by atoms with Crippen LogP contribution in [0.4, 0.5) is 5.82 Å². The summed E-state index contributed by atoms with van der Waals surface area (Å²) in [6.07, 6.45) is 1.70. The first-order valence-corrected chi connectivity index (χ1v) is 11.2. The number of thiazole rings is 1. The van der Waals surface area contributed by atoms with Gasteiger partial charge in [-0.1, -0.05) is 12.1 Å². The van der Waals surface area contributed by atoms with E-state index < -0.39 is 0 Å². The van der Waals surface area contributed by atoms with Gasteiger partial charge < -0.3 is 9.80 Å². The molecule has 8 heteroatoms. The van der Waals surface area contributed by atoms with Gasteiger partial charge in [-0.15, -0.1) is 22.7 Å². The van der Waals surface area contributed by atoms with E-state index in [9.17, 15) is 10.1 Å². The molecule has 4 heterocycles. The average molecular weight is 432 g/mol. The van der Waals surface area contributed by atoms with E-state index in [4.69, 9.17) is 4.98 Å². The molecule has 148 valence electrons. The Hall–Kier alpha value is -3.28. The van der Waals surface area contributed by atoms with E-state index in [0.717, 1.165) is 25.0 Å². The number of aromatic nitrogens is 2. The maximum absolute atomic E-state index is 13.0. The Labute approximate surface area is 181 Å². The summed E-state index contributed by atoms with van der Waals surface area (Å²) in [5.41, 5.74) is 1.55. The molecule has 0 radical (unpaired) electrons. The number of fused-ring (bicyclic) bond motifs is 1. The minimum absolute atomic E-state index is 0.0496. The lowest BCUT2D eigenvalue weighted by atomic mass is 10.2. The van der Waals surface area contributed by atoms with E-state index in [0.29, 0.717) is 37.6 Å². The summed E-state index contributed by atoms with van der Waals surface area (Å²) < 4.78 is 1.15. The molecule has 1 amide bonds. The molecule has 0 N–H and O–H groups in total. The number of rotatable bonds is 3. The summed E-state index contributed by atoms with van der Waals surface area (Å²) >= 11 is 3.14. The molecule has 0 aliphatic carbocycles. The number of para-hydroxylation sites is 1. The average Bonchev–Trinajstić information content (AvgIpc) is 3.46. The summed E-state index contributed by atoms with van der Waals surface area (Å²) in [5, 5.41) is 10.2. The molecule has 0 saturated carbocycles. The van der Waals surface area contributed by atoms with Gasteiger partial charge in [0.25, 0.3) is 5.91 Å². The highest BCUT2D eigenvalue weighted by atomic mass is 32.1. The number of anilines is 1. The first-order chi connectivity index (χ1) is 14.7. The van der Waals surface area contributed by atoms with Crippen molar-refractivity contribution in [2.75, 3.05) is 31.1 Å². The topological polar surface area (TPSA) is 73.1 Å². The standard InChI is InChI=1S/C22H17N5OS2/c23-14-15-4-3-9-24-20(15)26-10-12-27(13-11-26)22(28)19-8-7-18(29-19)21-25-16-5-1-2-6-17(16)30-21/h1-9H,10-13H2. The van der Waals surface area contributed by atoms with Crippen LogP contribution in [0.2, 0.25) is 0 Å². The fourth-order valence-electron chi connectivity index (χ4n) is 3.56. The number of hydrogen-bond acceptors (Lipinski definition) is 7. The zero-order valence-electron chi connectivity index (χ0n) is 16.0. The fourth-order valence-corrected chi connectivity index (χ4v) is 5.55. The van der Waals surface area contributed by atoms with Crippen molar-refractivity contribution in [2.24, 2.45) is 0 Å². The van der Waals surface area contributed by atoms with E-state index >= 15 is 0 Å². The Morgan fingerprint density at radius 2 is 1.83 bits per heavy atom. The number of carbonyl (C=O) groups is 1. The Morgan fingerprint density at radius 1 is 1.00 bits per heavy atom. The number of benzene rings is 1. The SMILES string of the molecule is N#Cc1cccnc1N1CCN(C(=O)c2ccc(-c3nc4ccccc4s3)s2)CC1. The van der Waals surface area contributed by atoms with Crippen molar-refractivity contribution in [3.8, 4) is 16.0 Å². The second kappa shape index (κ2) is 7.86. The van der Waals surface area contributed by atoms with Crippen LogP contribution in [0, 0.1) is 11.3 Å². The summed E-state index contributed by atoms with van der Waals surface area (Å²) in [7, 11) is 0. The van der Waals surface area contributed by atoms with E-state index in [1.54, 1.807) is 29.7 Å². The van der Waals surface area contributed by atoms with Gasteiger partial charge in [0, 0.05) is 32.4 Å². The minimum Gasteiger partial charge on any atom is -0.352 e. The van der Waals surface area contributed by atoms with Crippen LogP contribution >= 0.6 is 22.7 Å². The molecule has 1 fully saturated rings. The largest absolute Gasteiger partial charge is 0.352 e. The van der Waals surface area contributed by atoms with Gasteiger partial charge in [0.2, 0.25) is 0 Å². The van der Waals surface area contributed by atoms with Crippen molar-refractivity contribution in [1.29, 1.82) is 5.26 Å². The van der Waals surface area contributed by atoms with Gasteiger partial charge in [-0.25, -0.2) is 9.97 Å². The van der Waals surface area contributed by atoms with E-state index in [1.165, 1.54) is 11.3 Å². The number of nitrogens with zero attached hydrogens (tertiary/aromatic N) is 5. The zero-order chi connectivity index (χ0) is 20.5. The Morgan fingerprint density at radius 3 is 2.63 bits per heavy atom. The number of carbonyl (C=O) groups excluding carboxylic acids is 1. The molecule has 0 atom stereocenters. The number of amides is 1. The second-order valence-corrected chi connectivity index (χ2v) is 9.03. The molecule has 0 unspecified atom stereocenters. The lowest BCUT2D eigenvalue weighted by Crippen LogP contribution is -2.49. The molecule has 1 saturated heterocycles. The maximum Gasteiger partial charge on any atom is 0.264 e. The monoisotopic (exact) mass is 431 g/mol. The van der Waals surface area contributed by atoms with Crippen LogP contribution in [0.1, 0.15) is 15.2 Å². The number of thiophene rings is 1. The highest BCUT2D eigenvalue weighted by Crippen LogP contribution is 2.35. The van der Waals surface area contributed by atoms with Crippen molar-refractivity contribution in [1.82, 2.24) is 14.9 Å². The summed E-state index contributed by atoms with van der Waals surface area (Å²) in [6, 6.07) is 17.7. The molecule has 4 aromatic rings. The highest BCUT2D eigenvalue weighted by molar-refractivity contribution is 7.26. The van der Waals surface area contributed by atoms with Gasteiger partial charge in [0.15, 0.2) is 0 Å². The predicted molar refractivity (Wildman–Crippen MR) is 120 cm³/mol. The summed E-state index contributed by atoms with van der Waals surface area (Å²) in [6.45, 7) is 2.53. The molecule has 5 rings (SSSR count). The van der Waals surface area contributed by atoms with Gasteiger partial charge in [0.05, 0.1) is 25.5 Å². The Bertz CT molecular complexity index is 1230. The van der Waals surface area contributed by atoms with Gasteiger partial charge in [-0.2, -0.15) is 5.26 Å². The summed E-state index contributed by atoms with van der Waals surface area (Å²) in [4.78, 5) is 27.8. The Balaban J connectivity index is 1.29. The third kappa shape index (κ3) is 3.43. The quantitative estimate of drug-likeness (QED) is 0.485. The lowest BCUT2D eigenvalue weighted by molar-refractivity contribution is 0.0751. The van der Waals surface area contributed by atoms with Gasteiger partial charge in [0.1, 0.15) is 16.9 Å². The molecule has 0 spiro atoms. The third-order valence-electron chi connectivity index (χ3n) is 5.10. The third-order valence-corrected chi connectivity index (χ3v) is 7.37. The van der Waals surface area contributed by atoms with Crippen LogP contribution in [0.15, 0.2) is 54.7 Å². The number of hydrogen-bond donors (Lipinski definition) is 0. The van der Waals surface area contributed by atoms with Crippen LogP contribution in [-0.4, -0.2) is 47.0 Å². The maximum atomic E-state index is 13.0. The molecule has 3 aromatic heterocycles. The molecular weight excluding hydrogens is 414 g/mol. The number of nitriles is 1. The first-order valence-electron chi connectivity index (χ1n) is 9.58. The smallest absolute Gasteiger partial charge is 0.264 e. The highest BCUT2D eigenvalue weighted by Gasteiger charge is 2.25. The molecule has 1 aliphatic heterocycles. The van der Waals surface area contributed by atoms with Crippen LogP contribution in [-0.2, 0) is 0 Å². The molecular formula is C22H17N5OS2. The van der Waals surface area contributed by atoms with Crippen molar-refractivity contribution in [2.45, 2.75) is 0 Å². The predicted octanol–water partition coefficient (Wildman–Crippen LogP) is 4.25. The first kappa shape index (κ1) is 18.7. The minimum atomic E-state index is 0.0496. The van der Waals surface area contributed by atoms with Crippen molar-refractivity contribution < 1.29 is 4.79 Å². The second-order valence-electron chi connectivity index (χ2n) is 6.92. The molecule has 1 aromatic carbocycles.